The second-order valence-electron chi connectivity index (χ2n) is 7.24. The van der Waals surface area contributed by atoms with Gasteiger partial charge in [0.05, 0.1) is 19.3 Å². The highest BCUT2D eigenvalue weighted by Gasteiger charge is 2.49. The molecule has 3 rings (SSSR count). The van der Waals surface area contributed by atoms with Gasteiger partial charge >= 0.3 is 0 Å². The minimum atomic E-state index is -0.809. The molecule has 0 aromatic heterocycles. The van der Waals surface area contributed by atoms with Crippen molar-refractivity contribution in [3.8, 4) is 0 Å². The molecule has 1 aliphatic heterocycles. The summed E-state index contributed by atoms with van der Waals surface area (Å²) in [6, 6.07) is 20.8. The van der Waals surface area contributed by atoms with E-state index in [1.165, 1.54) is 5.56 Å². The summed E-state index contributed by atoms with van der Waals surface area (Å²) < 4.78 is 12.6. The minimum Gasteiger partial charge on any atom is -0.342 e. The average Bonchev–Trinajstić information content (AvgIpc) is 3.27. The Hall–Kier alpha value is -1.98. The maximum absolute atomic E-state index is 6.31. The molecule has 150 valence electrons. The van der Waals surface area contributed by atoms with Gasteiger partial charge in [0.1, 0.15) is 0 Å². The van der Waals surface area contributed by atoms with Crippen molar-refractivity contribution in [2.45, 2.75) is 37.1 Å². The molecule has 2 aromatic rings. The van der Waals surface area contributed by atoms with E-state index >= 15 is 0 Å². The van der Waals surface area contributed by atoms with E-state index in [0.29, 0.717) is 19.8 Å². The lowest BCUT2D eigenvalue weighted by Gasteiger charge is -2.43. The summed E-state index contributed by atoms with van der Waals surface area (Å²) in [7, 11) is 2.03. The summed E-state index contributed by atoms with van der Waals surface area (Å²) in [5.41, 5.74) is 2.12. The second-order valence-corrected chi connectivity index (χ2v) is 7.24. The van der Waals surface area contributed by atoms with Crippen LogP contribution in [-0.4, -0.2) is 32.8 Å². The molecule has 2 N–H and O–H groups in total. The smallest absolute Gasteiger partial charge is 0.211 e. The van der Waals surface area contributed by atoms with Crippen molar-refractivity contribution in [3.05, 3.63) is 84.4 Å². The summed E-state index contributed by atoms with van der Waals surface area (Å²) in [4.78, 5) is 0. The van der Waals surface area contributed by atoms with Crippen LogP contribution in [0.25, 0.3) is 0 Å². The topological polar surface area (TPSA) is 42.5 Å². The fourth-order valence-electron chi connectivity index (χ4n) is 4.23. The summed E-state index contributed by atoms with van der Waals surface area (Å²) in [6.45, 7) is 7.97. The Kier molecular flexibility index (Phi) is 7.03. The van der Waals surface area contributed by atoms with Crippen LogP contribution in [0, 0.1) is 0 Å². The second kappa shape index (κ2) is 9.48. The van der Waals surface area contributed by atoms with Crippen molar-refractivity contribution in [2.75, 3.05) is 26.8 Å². The fourth-order valence-corrected chi connectivity index (χ4v) is 4.23. The monoisotopic (exact) mass is 380 g/mol. The Morgan fingerprint density at radius 3 is 2.21 bits per heavy atom. The normalized spacial score (nSPS) is 19.1. The number of rotatable bonds is 10. The van der Waals surface area contributed by atoms with Crippen LogP contribution >= 0.6 is 0 Å². The number of nitrogens with one attached hydrogen (secondary N) is 2. The van der Waals surface area contributed by atoms with E-state index in [1.807, 2.05) is 31.3 Å². The Morgan fingerprint density at radius 2 is 1.68 bits per heavy atom. The first-order valence-electron chi connectivity index (χ1n) is 10.1. The van der Waals surface area contributed by atoms with E-state index in [0.717, 1.165) is 18.4 Å². The Balaban J connectivity index is 2.02. The maximum atomic E-state index is 6.31. The zero-order valence-corrected chi connectivity index (χ0v) is 17.0. The quantitative estimate of drug-likeness (QED) is 0.613. The van der Waals surface area contributed by atoms with E-state index in [-0.39, 0.29) is 11.6 Å². The molecule has 2 aromatic carbocycles. The lowest BCUT2D eigenvalue weighted by molar-refractivity contribution is -0.193. The van der Waals surface area contributed by atoms with Crippen LogP contribution < -0.4 is 10.6 Å². The van der Waals surface area contributed by atoms with Crippen LogP contribution in [-0.2, 0) is 20.8 Å². The third-order valence-electron chi connectivity index (χ3n) is 5.82. The lowest BCUT2D eigenvalue weighted by atomic mass is 9.78. The summed E-state index contributed by atoms with van der Waals surface area (Å²) >= 11 is 0. The van der Waals surface area contributed by atoms with Crippen LogP contribution in [0.4, 0.5) is 0 Å². The van der Waals surface area contributed by atoms with E-state index < -0.39 is 5.79 Å². The molecule has 28 heavy (non-hydrogen) atoms. The Labute approximate surface area is 168 Å². The average molecular weight is 381 g/mol. The molecule has 0 saturated carbocycles. The van der Waals surface area contributed by atoms with Crippen LogP contribution in [0.1, 0.15) is 30.9 Å². The van der Waals surface area contributed by atoms with Gasteiger partial charge in [0.15, 0.2) is 0 Å². The molecule has 4 nitrogen and oxygen atoms in total. The SMILES string of the molecule is C=CCNC(CC(CC)(NC)c1ccccc1)C1(c2ccccc2)OCCO1. The lowest BCUT2D eigenvalue weighted by Crippen LogP contribution is -2.55. The van der Waals surface area contributed by atoms with Gasteiger partial charge in [-0.15, -0.1) is 6.58 Å². The molecule has 0 aliphatic carbocycles. The first kappa shape index (κ1) is 20.7. The third-order valence-corrected chi connectivity index (χ3v) is 5.82. The standard InChI is InChI=1S/C24H32N2O2/c1-4-16-26-22(19-23(5-2,25-3)20-12-8-6-9-13-20)24(27-17-18-28-24)21-14-10-7-11-15-21/h4,6-15,22,25-26H,1,5,16-19H2,2-3H3. The predicted molar refractivity (Wildman–Crippen MR) is 114 cm³/mol. The first-order valence-corrected chi connectivity index (χ1v) is 10.1. The molecule has 0 bridgehead atoms. The van der Waals surface area contributed by atoms with Crippen LogP contribution in [0.2, 0.25) is 0 Å². The van der Waals surface area contributed by atoms with Crippen LogP contribution in [0.15, 0.2) is 73.3 Å². The van der Waals surface area contributed by atoms with Crippen LogP contribution in [0.3, 0.4) is 0 Å². The molecule has 1 aliphatic rings. The molecule has 0 radical (unpaired) electrons. The van der Waals surface area contributed by atoms with Crippen LogP contribution in [0.5, 0.6) is 0 Å². The fraction of sp³-hybridized carbons (Fsp3) is 0.417. The third kappa shape index (κ3) is 4.06. The summed E-state index contributed by atoms with van der Waals surface area (Å²) in [5.74, 6) is -0.809. The molecular weight excluding hydrogens is 348 g/mol. The van der Waals surface area contributed by atoms with Gasteiger partial charge in [0.2, 0.25) is 5.79 Å². The molecule has 1 heterocycles. The van der Waals surface area contributed by atoms with Crippen molar-refractivity contribution in [1.29, 1.82) is 0 Å². The number of benzene rings is 2. The van der Waals surface area contributed by atoms with Gasteiger partial charge in [0, 0.05) is 17.6 Å². The number of hydrogen-bond donors (Lipinski definition) is 2. The summed E-state index contributed by atoms with van der Waals surface area (Å²) in [5, 5.41) is 7.24. The van der Waals surface area contributed by atoms with E-state index in [2.05, 4.69) is 66.6 Å². The molecular formula is C24H32N2O2. The summed E-state index contributed by atoms with van der Waals surface area (Å²) in [6.07, 6.45) is 3.65. The zero-order valence-electron chi connectivity index (χ0n) is 17.0. The van der Waals surface area contributed by atoms with Crippen molar-refractivity contribution < 1.29 is 9.47 Å². The predicted octanol–water partition coefficient (Wildman–Crippen LogP) is 3.95. The van der Waals surface area contributed by atoms with E-state index in [4.69, 9.17) is 9.47 Å². The highest BCUT2D eigenvalue weighted by Crippen LogP contribution is 2.41. The van der Waals surface area contributed by atoms with Gasteiger partial charge in [-0.05, 0) is 25.5 Å². The number of hydrogen-bond acceptors (Lipinski definition) is 4. The van der Waals surface area contributed by atoms with Crippen molar-refractivity contribution in [3.63, 3.8) is 0 Å². The highest BCUT2D eigenvalue weighted by molar-refractivity contribution is 5.28. The molecule has 0 spiro atoms. The number of ether oxygens (including phenoxy) is 2. The van der Waals surface area contributed by atoms with E-state index in [1.54, 1.807) is 0 Å². The van der Waals surface area contributed by atoms with Crippen molar-refractivity contribution in [1.82, 2.24) is 10.6 Å². The molecule has 1 saturated heterocycles. The van der Waals surface area contributed by atoms with E-state index in [9.17, 15) is 0 Å². The molecule has 2 unspecified atom stereocenters. The Morgan fingerprint density at radius 1 is 1.07 bits per heavy atom. The zero-order chi connectivity index (χ0) is 19.9. The molecule has 0 amide bonds. The van der Waals surface area contributed by atoms with Crippen molar-refractivity contribution in [2.24, 2.45) is 0 Å². The van der Waals surface area contributed by atoms with Gasteiger partial charge < -0.3 is 20.1 Å². The molecule has 2 atom stereocenters. The molecule has 4 heteroatoms. The minimum absolute atomic E-state index is 0.0528. The van der Waals surface area contributed by atoms with Gasteiger partial charge in [-0.2, -0.15) is 0 Å². The maximum Gasteiger partial charge on any atom is 0.211 e. The largest absolute Gasteiger partial charge is 0.342 e. The van der Waals surface area contributed by atoms with Gasteiger partial charge in [0.25, 0.3) is 0 Å². The Bertz CT molecular complexity index is 723. The van der Waals surface area contributed by atoms with Gasteiger partial charge in [-0.3, -0.25) is 0 Å². The van der Waals surface area contributed by atoms with Gasteiger partial charge in [-0.25, -0.2) is 0 Å². The van der Waals surface area contributed by atoms with Crippen molar-refractivity contribution >= 4 is 0 Å². The molecule has 1 fully saturated rings. The van der Waals surface area contributed by atoms with Gasteiger partial charge in [-0.1, -0.05) is 73.7 Å². The highest BCUT2D eigenvalue weighted by atomic mass is 16.7. The first-order chi connectivity index (χ1) is 13.7.